The van der Waals surface area contributed by atoms with Crippen LogP contribution >= 0.6 is 11.6 Å². The van der Waals surface area contributed by atoms with Gasteiger partial charge in [0.1, 0.15) is 0 Å². The molecule has 0 atom stereocenters. The maximum Gasteiger partial charge on any atom is 0.254 e. The number of aromatic nitrogens is 2. The summed E-state index contributed by atoms with van der Waals surface area (Å²) in [6, 6.07) is 0. The number of ether oxygens (including phenoxy) is 1. The van der Waals surface area contributed by atoms with Gasteiger partial charge in [-0.05, 0) is 23.9 Å². The van der Waals surface area contributed by atoms with E-state index in [-0.39, 0.29) is 11.2 Å². The van der Waals surface area contributed by atoms with Crippen molar-refractivity contribution in [2.24, 2.45) is 5.92 Å². The Bertz CT molecular complexity index is 344. The standard InChI is InChI=1S/C10H12ClFN2O/c11-10-13-6-8(12)9(14-10)15-5-4-7-2-1-3-7/h6-7H,1-5H2. The van der Waals surface area contributed by atoms with Crippen LogP contribution in [0.3, 0.4) is 0 Å². The highest BCUT2D eigenvalue weighted by atomic mass is 35.5. The maximum atomic E-state index is 13.1. The Balaban J connectivity index is 1.83. The molecule has 0 saturated heterocycles. The summed E-state index contributed by atoms with van der Waals surface area (Å²) >= 11 is 5.53. The summed E-state index contributed by atoms with van der Waals surface area (Å²) in [5.74, 6) is 0.132. The Morgan fingerprint density at radius 2 is 2.33 bits per heavy atom. The van der Waals surface area contributed by atoms with Crippen LogP contribution in [0.15, 0.2) is 6.20 Å². The molecule has 1 aliphatic rings. The van der Waals surface area contributed by atoms with Crippen LogP contribution in [0.5, 0.6) is 5.88 Å². The Labute approximate surface area is 92.6 Å². The first-order chi connectivity index (χ1) is 7.25. The second-order valence-electron chi connectivity index (χ2n) is 3.73. The third kappa shape index (κ3) is 2.78. The fraction of sp³-hybridized carbons (Fsp3) is 0.600. The van der Waals surface area contributed by atoms with Gasteiger partial charge in [-0.25, -0.2) is 4.98 Å². The Morgan fingerprint density at radius 1 is 1.53 bits per heavy atom. The molecule has 3 nitrogen and oxygen atoms in total. The predicted octanol–water partition coefficient (Wildman–Crippen LogP) is 2.84. The second-order valence-corrected chi connectivity index (χ2v) is 4.06. The number of hydrogen-bond acceptors (Lipinski definition) is 3. The van der Waals surface area contributed by atoms with E-state index in [1.54, 1.807) is 0 Å². The lowest BCUT2D eigenvalue weighted by Crippen LogP contribution is -2.15. The largest absolute Gasteiger partial charge is 0.475 e. The van der Waals surface area contributed by atoms with Crippen LogP contribution in [0.1, 0.15) is 25.7 Å². The number of rotatable bonds is 4. The summed E-state index contributed by atoms with van der Waals surface area (Å²) in [5.41, 5.74) is 0. The molecule has 15 heavy (non-hydrogen) atoms. The van der Waals surface area contributed by atoms with Crippen LogP contribution in [0.2, 0.25) is 5.28 Å². The van der Waals surface area contributed by atoms with Gasteiger partial charge in [0, 0.05) is 0 Å². The molecule has 1 heterocycles. The summed E-state index contributed by atoms with van der Waals surface area (Å²) < 4.78 is 18.3. The molecule has 0 aromatic carbocycles. The van der Waals surface area contributed by atoms with E-state index in [0.29, 0.717) is 6.61 Å². The highest BCUT2D eigenvalue weighted by Gasteiger charge is 2.17. The van der Waals surface area contributed by atoms with Gasteiger partial charge < -0.3 is 4.74 Å². The van der Waals surface area contributed by atoms with Gasteiger partial charge in [0.15, 0.2) is 0 Å². The number of halogens is 2. The average molecular weight is 231 g/mol. The van der Waals surface area contributed by atoms with Crippen LogP contribution in [0.4, 0.5) is 4.39 Å². The van der Waals surface area contributed by atoms with Gasteiger partial charge in [0.05, 0.1) is 12.8 Å². The molecule has 0 amide bonds. The van der Waals surface area contributed by atoms with E-state index in [4.69, 9.17) is 16.3 Å². The Morgan fingerprint density at radius 3 is 3.00 bits per heavy atom. The lowest BCUT2D eigenvalue weighted by atomic mass is 9.83. The molecule has 0 unspecified atom stereocenters. The molecule has 2 rings (SSSR count). The molecule has 1 aliphatic carbocycles. The fourth-order valence-corrected chi connectivity index (χ4v) is 1.66. The summed E-state index contributed by atoms with van der Waals surface area (Å²) in [6.45, 7) is 0.495. The van der Waals surface area contributed by atoms with Gasteiger partial charge in [0.25, 0.3) is 5.88 Å². The SMILES string of the molecule is Fc1cnc(Cl)nc1OCCC1CCC1. The monoisotopic (exact) mass is 230 g/mol. The minimum absolute atomic E-state index is 0.00930. The molecular formula is C10H12ClFN2O. The summed E-state index contributed by atoms with van der Waals surface area (Å²) in [5, 5.41) is 0.00930. The lowest BCUT2D eigenvalue weighted by Gasteiger charge is -2.24. The molecular weight excluding hydrogens is 219 g/mol. The molecule has 0 spiro atoms. The van der Waals surface area contributed by atoms with E-state index in [1.165, 1.54) is 19.3 Å². The Kier molecular flexibility index (Phi) is 3.36. The molecule has 0 radical (unpaired) electrons. The van der Waals surface area contributed by atoms with Crippen molar-refractivity contribution in [3.05, 3.63) is 17.3 Å². The van der Waals surface area contributed by atoms with Gasteiger partial charge in [-0.1, -0.05) is 19.3 Å². The van der Waals surface area contributed by atoms with Crippen molar-refractivity contribution in [1.29, 1.82) is 0 Å². The minimum atomic E-state index is -0.562. The highest BCUT2D eigenvalue weighted by molar-refractivity contribution is 6.28. The second kappa shape index (κ2) is 4.75. The van der Waals surface area contributed by atoms with Crippen LogP contribution in [-0.4, -0.2) is 16.6 Å². The lowest BCUT2D eigenvalue weighted by molar-refractivity contribution is 0.211. The van der Waals surface area contributed by atoms with Gasteiger partial charge in [-0.2, -0.15) is 9.37 Å². The summed E-state index contributed by atoms with van der Waals surface area (Å²) in [7, 11) is 0. The van der Waals surface area contributed by atoms with E-state index < -0.39 is 5.82 Å². The molecule has 5 heteroatoms. The summed E-state index contributed by atoms with van der Waals surface area (Å²) in [4.78, 5) is 7.18. The van der Waals surface area contributed by atoms with Gasteiger partial charge in [-0.3, -0.25) is 0 Å². The minimum Gasteiger partial charge on any atom is -0.475 e. The quantitative estimate of drug-likeness (QED) is 0.746. The predicted molar refractivity (Wildman–Crippen MR) is 54.5 cm³/mol. The normalized spacial score (nSPS) is 16.1. The van der Waals surface area contributed by atoms with Crippen molar-refractivity contribution in [2.45, 2.75) is 25.7 Å². The van der Waals surface area contributed by atoms with Crippen molar-refractivity contribution < 1.29 is 9.13 Å². The molecule has 1 fully saturated rings. The first-order valence-corrected chi connectivity index (χ1v) is 5.44. The Hall–Kier alpha value is -0.900. The van der Waals surface area contributed by atoms with Crippen LogP contribution in [-0.2, 0) is 0 Å². The first-order valence-electron chi connectivity index (χ1n) is 5.06. The van der Waals surface area contributed by atoms with Crippen LogP contribution < -0.4 is 4.74 Å². The van der Waals surface area contributed by atoms with Crippen molar-refractivity contribution in [3.8, 4) is 5.88 Å². The molecule has 0 aliphatic heterocycles. The van der Waals surface area contributed by atoms with E-state index in [0.717, 1.165) is 18.5 Å². The molecule has 1 saturated carbocycles. The molecule has 1 aromatic rings. The van der Waals surface area contributed by atoms with Crippen LogP contribution in [0.25, 0.3) is 0 Å². The topological polar surface area (TPSA) is 35.0 Å². The first kappa shape index (κ1) is 10.6. The van der Waals surface area contributed by atoms with E-state index in [2.05, 4.69) is 9.97 Å². The van der Waals surface area contributed by atoms with Crippen molar-refractivity contribution in [3.63, 3.8) is 0 Å². The van der Waals surface area contributed by atoms with Crippen molar-refractivity contribution >= 4 is 11.6 Å². The molecule has 82 valence electrons. The van der Waals surface area contributed by atoms with Gasteiger partial charge in [0.2, 0.25) is 11.1 Å². The zero-order chi connectivity index (χ0) is 10.7. The fourth-order valence-electron chi connectivity index (χ4n) is 1.54. The number of hydrogen-bond donors (Lipinski definition) is 0. The van der Waals surface area contributed by atoms with E-state index >= 15 is 0 Å². The zero-order valence-corrected chi connectivity index (χ0v) is 9.00. The zero-order valence-electron chi connectivity index (χ0n) is 8.25. The third-order valence-electron chi connectivity index (χ3n) is 2.67. The number of nitrogens with zero attached hydrogens (tertiary/aromatic N) is 2. The molecule has 1 aromatic heterocycles. The molecule has 0 N–H and O–H groups in total. The van der Waals surface area contributed by atoms with Gasteiger partial charge in [-0.15, -0.1) is 0 Å². The summed E-state index contributed by atoms with van der Waals surface area (Å²) in [6.07, 6.45) is 5.81. The van der Waals surface area contributed by atoms with Gasteiger partial charge >= 0.3 is 0 Å². The third-order valence-corrected chi connectivity index (χ3v) is 2.85. The maximum absolute atomic E-state index is 13.1. The molecule has 0 bridgehead atoms. The smallest absolute Gasteiger partial charge is 0.254 e. The van der Waals surface area contributed by atoms with Crippen molar-refractivity contribution in [1.82, 2.24) is 9.97 Å². The van der Waals surface area contributed by atoms with E-state index in [1.807, 2.05) is 0 Å². The average Bonchev–Trinajstić information content (AvgIpc) is 2.15. The van der Waals surface area contributed by atoms with E-state index in [9.17, 15) is 4.39 Å². The highest BCUT2D eigenvalue weighted by Crippen LogP contribution is 2.29. The van der Waals surface area contributed by atoms with Crippen LogP contribution in [0, 0.1) is 11.7 Å². The van der Waals surface area contributed by atoms with Crippen molar-refractivity contribution in [2.75, 3.05) is 6.61 Å².